The number of hydrogen-bond donors (Lipinski definition) is 1. The van der Waals surface area contributed by atoms with Crippen molar-refractivity contribution in [3.63, 3.8) is 0 Å². The average Bonchev–Trinajstić information content (AvgIpc) is 3.04. The zero-order valence-corrected chi connectivity index (χ0v) is 12.8. The average molecular weight is 286 g/mol. The smallest absolute Gasteiger partial charge is 0.222 e. The van der Waals surface area contributed by atoms with Gasteiger partial charge in [0.15, 0.2) is 0 Å². The maximum atomic E-state index is 12.4. The number of benzene rings is 1. The van der Waals surface area contributed by atoms with E-state index in [9.17, 15) is 4.79 Å². The van der Waals surface area contributed by atoms with Crippen molar-refractivity contribution in [2.24, 2.45) is 5.92 Å². The van der Waals surface area contributed by atoms with E-state index in [0.717, 1.165) is 45.4 Å². The second-order valence-electron chi connectivity index (χ2n) is 6.49. The van der Waals surface area contributed by atoms with E-state index in [-0.39, 0.29) is 0 Å². The van der Waals surface area contributed by atoms with Gasteiger partial charge in [-0.05, 0) is 50.3 Å². The molecule has 2 fully saturated rings. The first-order valence-corrected chi connectivity index (χ1v) is 8.36. The van der Waals surface area contributed by atoms with Gasteiger partial charge in [0.1, 0.15) is 0 Å². The van der Waals surface area contributed by atoms with Crippen LogP contribution in [0.1, 0.15) is 43.6 Å². The molecule has 0 radical (unpaired) electrons. The van der Waals surface area contributed by atoms with Gasteiger partial charge in [0.25, 0.3) is 0 Å². The molecule has 2 atom stereocenters. The van der Waals surface area contributed by atoms with Crippen LogP contribution in [-0.4, -0.2) is 37.0 Å². The first kappa shape index (κ1) is 14.6. The van der Waals surface area contributed by atoms with E-state index in [2.05, 4.69) is 40.5 Å². The molecule has 0 spiro atoms. The molecule has 2 heterocycles. The third kappa shape index (κ3) is 3.85. The molecule has 3 heteroatoms. The van der Waals surface area contributed by atoms with Crippen LogP contribution in [0.3, 0.4) is 0 Å². The van der Waals surface area contributed by atoms with E-state index in [1.807, 2.05) is 0 Å². The minimum absolute atomic E-state index is 0.360. The van der Waals surface area contributed by atoms with Gasteiger partial charge < -0.3 is 10.2 Å². The van der Waals surface area contributed by atoms with Gasteiger partial charge in [-0.2, -0.15) is 0 Å². The van der Waals surface area contributed by atoms with E-state index in [1.165, 1.54) is 18.4 Å². The fraction of sp³-hybridized carbons (Fsp3) is 0.611. The monoisotopic (exact) mass is 286 g/mol. The number of nitrogens with one attached hydrogen (secondary N) is 1. The summed E-state index contributed by atoms with van der Waals surface area (Å²) in [5, 5.41) is 3.43. The number of likely N-dealkylation sites (tertiary alicyclic amines) is 1. The fourth-order valence-corrected chi connectivity index (χ4v) is 3.64. The van der Waals surface area contributed by atoms with Crippen molar-refractivity contribution in [1.29, 1.82) is 0 Å². The predicted octanol–water partition coefficient (Wildman–Crippen LogP) is 2.78. The summed E-state index contributed by atoms with van der Waals surface area (Å²) < 4.78 is 0. The Bertz CT molecular complexity index is 454. The molecule has 2 unspecified atom stereocenters. The highest BCUT2D eigenvalue weighted by molar-refractivity contribution is 5.76. The number of piperidine rings is 1. The summed E-state index contributed by atoms with van der Waals surface area (Å²) in [6, 6.07) is 10.6. The molecule has 0 aromatic heterocycles. The zero-order valence-electron chi connectivity index (χ0n) is 12.8. The number of rotatable bonds is 4. The molecule has 0 bridgehead atoms. The summed E-state index contributed by atoms with van der Waals surface area (Å²) >= 11 is 0. The van der Waals surface area contributed by atoms with Crippen LogP contribution in [0, 0.1) is 5.92 Å². The molecular weight excluding hydrogens is 260 g/mol. The lowest BCUT2D eigenvalue weighted by molar-refractivity contribution is -0.130. The number of hydrogen-bond acceptors (Lipinski definition) is 2. The summed E-state index contributed by atoms with van der Waals surface area (Å²) in [6.07, 6.45) is 5.44. The van der Waals surface area contributed by atoms with Crippen LogP contribution in [0.5, 0.6) is 0 Å². The topological polar surface area (TPSA) is 32.3 Å². The molecule has 2 aliphatic heterocycles. The SMILES string of the molecule is O=C(CCC1CCCNC1)N1CCC(c2ccccc2)C1. The molecule has 1 aromatic carbocycles. The molecule has 1 N–H and O–H groups in total. The van der Waals surface area contributed by atoms with Gasteiger partial charge >= 0.3 is 0 Å². The van der Waals surface area contributed by atoms with Gasteiger partial charge in [0.2, 0.25) is 5.91 Å². The molecule has 114 valence electrons. The lowest BCUT2D eigenvalue weighted by Gasteiger charge is -2.23. The molecule has 0 saturated carbocycles. The summed E-state index contributed by atoms with van der Waals surface area (Å²) in [5.74, 6) is 1.60. The highest BCUT2D eigenvalue weighted by atomic mass is 16.2. The second-order valence-corrected chi connectivity index (χ2v) is 6.49. The van der Waals surface area contributed by atoms with Crippen molar-refractivity contribution in [2.75, 3.05) is 26.2 Å². The number of carbonyl (C=O) groups is 1. The van der Waals surface area contributed by atoms with E-state index in [4.69, 9.17) is 0 Å². The summed E-state index contributed by atoms with van der Waals surface area (Å²) in [4.78, 5) is 14.4. The van der Waals surface area contributed by atoms with Crippen LogP contribution < -0.4 is 5.32 Å². The Morgan fingerprint density at radius 1 is 1.24 bits per heavy atom. The van der Waals surface area contributed by atoms with E-state index in [0.29, 0.717) is 17.7 Å². The second kappa shape index (κ2) is 7.08. The van der Waals surface area contributed by atoms with Crippen LogP contribution in [0.2, 0.25) is 0 Å². The van der Waals surface area contributed by atoms with Crippen molar-refractivity contribution in [2.45, 2.75) is 38.0 Å². The van der Waals surface area contributed by atoms with Gasteiger partial charge in [0.05, 0.1) is 0 Å². The van der Waals surface area contributed by atoms with Crippen molar-refractivity contribution >= 4 is 5.91 Å². The summed E-state index contributed by atoms with van der Waals surface area (Å²) in [6.45, 7) is 4.09. The largest absolute Gasteiger partial charge is 0.342 e. The first-order valence-electron chi connectivity index (χ1n) is 8.36. The molecule has 0 aliphatic carbocycles. The Labute approximate surface area is 127 Å². The Hall–Kier alpha value is -1.35. The van der Waals surface area contributed by atoms with Crippen molar-refractivity contribution in [3.05, 3.63) is 35.9 Å². The van der Waals surface area contributed by atoms with Crippen LogP contribution in [0.25, 0.3) is 0 Å². The van der Waals surface area contributed by atoms with Crippen LogP contribution in [0.15, 0.2) is 30.3 Å². The van der Waals surface area contributed by atoms with Crippen molar-refractivity contribution in [1.82, 2.24) is 10.2 Å². The third-order valence-corrected chi connectivity index (χ3v) is 4.98. The molecule has 1 amide bonds. The molecular formula is C18H26N2O. The fourth-order valence-electron chi connectivity index (χ4n) is 3.64. The Morgan fingerprint density at radius 3 is 2.86 bits per heavy atom. The molecule has 21 heavy (non-hydrogen) atoms. The van der Waals surface area contributed by atoms with Gasteiger partial charge in [0, 0.05) is 25.4 Å². The number of nitrogens with zero attached hydrogens (tertiary/aromatic N) is 1. The third-order valence-electron chi connectivity index (χ3n) is 4.98. The quantitative estimate of drug-likeness (QED) is 0.923. The summed E-state index contributed by atoms with van der Waals surface area (Å²) in [5.41, 5.74) is 1.38. The maximum Gasteiger partial charge on any atom is 0.222 e. The van der Waals surface area contributed by atoms with Gasteiger partial charge in [-0.3, -0.25) is 4.79 Å². The first-order chi connectivity index (χ1) is 10.3. The van der Waals surface area contributed by atoms with Crippen molar-refractivity contribution < 1.29 is 4.79 Å². The van der Waals surface area contributed by atoms with Gasteiger partial charge in [-0.1, -0.05) is 30.3 Å². The Morgan fingerprint density at radius 2 is 2.10 bits per heavy atom. The Balaban J connectivity index is 1.46. The molecule has 2 aliphatic rings. The van der Waals surface area contributed by atoms with Crippen LogP contribution >= 0.6 is 0 Å². The Kier molecular flexibility index (Phi) is 4.91. The van der Waals surface area contributed by atoms with Crippen LogP contribution in [-0.2, 0) is 4.79 Å². The predicted molar refractivity (Wildman–Crippen MR) is 85.2 cm³/mol. The summed E-state index contributed by atoms with van der Waals surface area (Å²) in [7, 11) is 0. The van der Waals surface area contributed by atoms with Crippen LogP contribution in [0.4, 0.5) is 0 Å². The van der Waals surface area contributed by atoms with E-state index in [1.54, 1.807) is 0 Å². The number of carbonyl (C=O) groups excluding carboxylic acids is 1. The van der Waals surface area contributed by atoms with Gasteiger partial charge in [-0.15, -0.1) is 0 Å². The molecule has 1 aromatic rings. The zero-order chi connectivity index (χ0) is 14.5. The lowest BCUT2D eigenvalue weighted by Crippen LogP contribution is -2.32. The minimum atomic E-state index is 0.360. The molecule has 2 saturated heterocycles. The standard InChI is InChI=1S/C18H26N2O/c21-18(9-8-15-5-4-11-19-13-15)20-12-10-17(14-20)16-6-2-1-3-7-16/h1-3,6-7,15,17,19H,4-5,8-14H2. The highest BCUT2D eigenvalue weighted by Crippen LogP contribution is 2.28. The van der Waals surface area contributed by atoms with Crippen molar-refractivity contribution in [3.8, 4) is 0 Å². The lowest BCUT2D eigenvalue weighted by atomic mass is 9.94. The van der Waals surface area contributed by atoms with Gasteiger partial charge in [-0.25, -0.2) is 0 Å². The van der Waals surface area contributed by atoms with E-state index >= 15 is 0 Å². The highest BCUT2D eigenvalue weighted by Gasteiger charge is 2.27. The normalized spacial score (nSPS) is 26.0. The number of amides is 1. The minimum Gasteiger partial charge on any atom is -0.342 e. The maximum absolute atomic E-state index is 12.4. The molecule has 3 nitrogen and oxygen atoms in total. The molecule has 3 rings (SSSR count). The van der Waals surface area contributed by atoms with E-state index < -0.39 is 0 Å².